The Bertz CT molecular complexity index is 1050. The lowest BCUT2D eigenvalue weighted by Gasteiger charge is -2.22. The predicted molar refractivity (Wildman–Crippen MR) is 192 cm³/mol. The number of hydrogen-bond donors (Lipinski definition) is 0. The van der Waals surface area contributed by atoms with E-state index in [1.54, 1.807) is 7.11 Å². The molecule has 1 heteroatoms. The highest BCUT2D eigenvalue weighted by Gasteiger charge is 2.14. The van der Waals surface area contributed by atoms with Gasteiger partial charge in [0.2, 0.25) is 0 Å². The number of ether oxygens (including phenoxy) is 1. The van der Waals surface area contributed by atoms with Crippen LogP contribution in [-0.2, 0) is 4.74 Å². The third-order valence-electron chi connectivity index (χ3n) is 7.36. The summed E-state index contributed by atoms with van der Waals surface area (Å²) in [6.45, 7) is 21.9. The summed E-state index contributed by atoms with van der Waals surface area (Å²) in [7, 11) is 1.79. The van der Waals surface area contributed by atoms with Gasteiger partial charge in [0.15, 0.2) is 0 Å². The summed E-state index contributed by atoms with van der Waals surface area (Å²) in [5.74, 6) is 0.581. The molecule has 0 saturated heterocycles. The van der Waals surface area contributed by atoms with E-state index in [2.05, 4.69) is 154 Å². The van der Waals surface area contributed by atoms with Crippen LogP contribution < -0.4 is 0 Å². The zero-order valence-electron chi connectivity index (χ0n) is 29.2. The lowest BCUT2D eigenvalue weighted by Crippen LogP contribution is -2.21. The first-order valence-electron chi connectivity index (χ1n) is 16.0. The second-order valence-corrected chi connectivity index (χ2v) is 12.8. The smallest absolute Gasteiger partial charge is 0.0622 e. The fourth-order valence-corrected chi connectivity index (χ4v) is 4.12. The molecule has 0 spiro atoms. The number of methoxy groups -OCH3 is 1. The molecule has 0 aliphatic rings. The molecule has 0 bridgehead atoms. The largest absolute Gasteiger partial charge is 0.379 e. The SMILES string of the molecule is COC(C)(C)CCC/C(C)=C/C=C/C(C)=C/C=C/C(C)=C/C=C/C=C/[C@H](C)CC/C=C(\C)CC/C=C(\C)CC=C(C)C. The van der Waals surface area contributed by atoms with Gasteiger partial charge in [-0.05, 0) is 120 Å². The Morgan fingerprint density at radius 1 is 0.667 bits per heavy atom. The van der Waals surface area contributed by atoms with E-state index < -0.39 is 0 Å². The third-order valence-corrected chi connectivity index (χ3v) is 7.36. The lowest BCUT2D eigenvalue weighted by atomic mass is 9.99. The Labute approximate surface area is 262 Å². The monoisotopic (exact) mass is 572 g/mol. The van der Waals surface area contributed by atoms with Crippen LogP contribution in [0.1, 0.15) is 121 Å². The first-order chi connectivity index (χ1) is 19.8. The Morgan fingerprint density at radius 3 is 1.93 bits per heavy atom. The molecule has 1 atom stereocenters. The highest BCUT2D eigenvalue weighted by Crippen LogP contribution is 2.19. The summed E-state index contributed by atoms with van der Waals surface area (Å²) in [6.07, 6.45) is 40.1. The minimum absolute atomic E-state index is 0.0286. The zero-order chi connectivity index (χ0) is 31.8. The standard InChI is InChI=1S/C41H64O/c1-34(2)31-32-40(8)29-18-27-38(6)25-16-23-36(4)21-14-12-13-20-35(3)22-15-24-37(5)26-17-28-39(7)30-19-33-41(9,10)42-11/h12-15,17,20-22,24-26,28-29,31,36H,16,18-19,23,27,30,32-33H2,1-11H3/b13-12+,21-14+,22-15+,26-17+,35-20+,37-24+,38-25+,39-28+,40-29+/t36-/m0/s1. The molecular formula is C41H64O. The molecule has 0 fully saturated rings. The van der Waals surface area contributed by atoms with E-state index in [1.807, 2.05) is 0 Å². The second kappa shape index (κ2) is 23.9. The van der Waals surface area contributed by atoms with Crippen LogP contribution in [0.5, 0.6) is 0 Å². The molecule has 0 aliphatic carbocycles. The van der Waals surface area contributed by atoms with Crippen LogP contribution >= 0.6 is 0 Å². The maximum Gasteiger partial charge on any atom is 0.0622 e. The van der Waals surface area contributed by atoms with Gasteiger partial charge in [0.05, 0.1) is 5.60 Å². The molecule has 42 heavy (non-hydrogen) atoms. The number of allylic oxidation sites excluding steroid dienone is 20. The topological polar surface area (TPSA) is 9.23 Å². The predicted octanol–water partition coefficient (Wildman–Crippen LogP) is 13.1. The molecule has 0 amide bonds. The van der Waals surface area contributed by atoms with Crippen molar-refractivity contribution < 1.29 is 4.74 Å². The molecule has 0 aromatic heterocycles. The average Bonchev–Trinajstić information content (AvgIpc) is 2.91. The molecule has 0 N–H and O–H groups in total. The number of rotatable bonds is 20. The Balaban J connectivity index is 4.43. The first-order valence-corrected chi connectivity index (χ1v) is 16.0. The van der Waals surface area contributed by atoms with Crippen LogP contribution in [0.4, 0.5) is 0 Å². The van der Waals surface area contributed by atoms with Gasteiger partial charge in [-0.15, -0.1) is 0 Å². The van der Waals surface area contributed by atoms with Gasteiger partial charge in [0.25, 0.3) is 0 Å². The van der Waals surface area contributed by atoms with Crippen molar-refractivity contribution in [1.82, 2.24) is 0 Å². The molecule has 0 aromatic rings. The summed E-state index contributed by atoms with van der Waals surface area (Å²) < 4.78 is 5.50. The first kappa shape index (κ1) is 39.4. The fourth-order valence-electron chi connectivity index (χ4n) is 4.12. The van der Waals surface area contributed by atoms with E-state index >= 15 is 0 Å². The molecule has 0 aliphatic heterocycles. The maximum atomic E-state index is 5.50. The summed E-state index contributed by atoms with van der Waals surface area (Å²) in [5, 5.41) is 0. The summed E-state index contributed by atoms with van der Waals surface area (Å²) >= 11 is 0. The van der Waals surface area contributed by atoms with E-state index in [9.17, 15) is 0 Å². The Hall–Kier alpha value is -2.64. The van der Waals surface area contributed by atoms with Crippen molar-refractivity contribution in [3.05, 3.63) is 119 Å². The molecular weight excluding hydrogens is 508 g/mol. The van der Waals surface area contributed by atoms with Crippen LogP contribution in [0.25, 0.3) is 0 Å². The van der Waals surface area contributed by atoms with Gasteiger partial charge in [-0.1, -0.05) is 125 Å². The molecule has 234 valence electrons. The highest BCUT2D eigenvalue weighted by molar-refractivity contribution is 5.30. The highest BCUT2D eigenvalue weighted by atomic mass is 16.5. The van der Waals surface area contributed by atoms with E-state index in [0.717, 1.165) is 44.9 Å². The van der Waals surface area contributed by atoms with E-state index in [0.29, 0.717) is 5.92 Å². The van der Waals surface area contributed by atoms with E-state index in [1.165, 1.54) is 39.9 Å². The molecule has 0 radical (unpaired) electrons. The average molecular weight is 573 g/mol. The van der Waals surface area contributed by atoms with Gasteiger partial charge < -0.3 is 4.74 Å². The van der Waals surface area contributed by atoms with Crippen LogP contribution in [0.15, 0.2) is 119 Å². The van der Waals surface area contributed by atoms with Crippen molar-refractivity contribution in [2.24, 2.45) is 5.92 Å². The fraction of sp³-hybridized carbons (Fsp3) is 0.512. The molecule has 0 saturated carbocycles. The molecule has 0 unspecified atom stereocenters. The van der Waals surface area contributed by atoms with Crippen LogP contribution in [-0.4, -0.2) is 12.7 Å². The Kier molecular flexibility index (Phi) is 22.4. The van der Waals surface area contributed by atoms with E-state index in [4.69, 9.17) is 4.74 Å². The molecule has 1 nitrogen and oxygen atoms in total. The Morgan fingerprint density at radius 2 is 1.29 bits per heavy atom. The van der Waals surface area contributed by atoms with Crippen LogP contribution in [0.3, 0.4) is 0 Å². The van der Waals surface area contributed by atoms with Crippen LogP contribution in [0, 0.1) is 5.92 Å². The summed E-state index contributed by atoms with van der Waals surface area (Å²) in [4.78, 5) is 0. The quantitative estimate of drug-likeness (QED) is 0.104. The van der Waals surface area contributed by atoms with Crippen LogP contribution in [0.2, 0.25) is 0 Å². The van der Waals surface area contributed by atoms with Gasteiger partial charge in [-0.25, -0.2) is 0 Å². The lowest BCUT2D eigenvalue weighted by molar-refractivity contribution is 0.0140. The van der Waals surface area contributed by atoms with Crippen molar-refractivity contribution >= 4 is 0 Å². The van der Waals surface area contributed by atoms with Crippen molar-refractivity contribution in [1.29, 1.82) is 0 Å². The van der Waals surface area contributed by atoms with Gasteiger partial charge in [0, 0.05) is 7.11 Å². The van der Waals surface area contributed by atoms with Crippen molar-refractivity contribution in [3.8, 4) is 0 Å². The zero-order valence-corrected chi connectivity index (χ0v) is 29.2. The van der Waals surface area contributed by atoms with Gasteiger partial charge in [-0.3, -0.25) is 0 Å². The maximum absolute atomic E-state index is 5.50. The van der Waals surface area contributed by atoms with Gasteiger partial charge in [0.1, 0.15) is 0 Å². The molecule has 0 aromatic carbocycles. The third kappa shape index (κ3) is 25.1. The van der Waals surface area contributed by atoms with Crippen molar-refractivity contribution in [2.45, 2.75) is 126 Å². The van der Waals surface area contributed by atoms with Gasteiger partial charge >= 0.3 is 0 Å². The molecule has 0 heterocycles. The summed E-state index contributed by atoms with van der Waals surface area (Å²) in [5.41, 5.74) is 8.23. The normalized spacial score (nSPS) is 15.6. The molecule has 0 rings (SSSR count). The minimum Gasteiger partial charge on any atom is -0.379 e. The summed E-state index contributed by atoms with van der Waals surface area (Å²) in [6, 6.07) is 0. The second-order valence-electron chi connectivity index (χ2n) is 12.8. The van der Waals surface area contributed by atoms with E-state index in [-0.39, 0.29) is 5.60 Å². The number of hydrogen-bond acceptors (Lipinski definition) is 1. The minimum atomic E-state index is -0.0286. The van der Waals surface area contributed by atoms with Gasteiger partial charge in [-0.2, -0.15) is 0 Å². The van der Waals surface area contributed by atoms with Crippen molar-refractivity contribution in [2.75, 3.05) is 7.11 Å². The van der Waals surface area contributed by atoms with Crippen molar-refractivity contribution in [3.63, 3.8) is 0 Å².